The standard InChI is InChI=1S/C21H24N2O5/c1-14-18(21(26)27)11-17(28-14)13-22(2)20(25)16-10-19(24)23(12-16)9-8-15-6-4-3-5-7-15/h3-7,11,16H,8-10,12-13H2,1-2H3,(H,26,27)/t16-/m1/s1. The Morgan fingerprint density at radius 2 is 2.00 bits per heavy atom. The molecule has 2 aromatic rings. The van der Waals surface area contributed by atoms with Crippen LogP contribution in [0, 0.1) is 12.8 Å². The Kier molecular flexibility index (Phi) is 5.82. The molecule has 7 heteroatoms. The van der Waals surface area contributed by atoms with E-state index < -0.39 is 5.97 Å². The smallest absolute Gasteiger partial charge is 0.339 e. The summed E-state index contributed by atoms with van der Waals surface area (Å²) in [6.45, 7) is 2.75. The Hall–Kier alpha value is -3.09. The molecule has 2 amide bonds. The van der Waals surface area contributed by atoms with Gasteiger partial charge in [-0.3, -0.25) is 9.59 Å². The summed E-state index contributed by atoms with van der Waals surface area (Å²) in [5.74, 6) is -0.867. The van der Waals surface area contributed by atoms with Gasteiger partial charge in [0.15, 0.2) is 0 Å². The first-order valence-electron chi connectivity index (χ1n) is 9.24. The summed E-state index contributed by atoms with van der Waals surface area (Å²) >= 11 is 0. The van der Waals surface area contributed by atoms with Crippen LogP contribution in [0.1, 0.15) is 33.9 Å². The Labute approximate surface area is 163 Å². The molecule has 2 heterocycles. The van der Waals surface area contributed by atoms with Gasteiger partial charge < -0.3 is 19.3 Å². The number of furan rings is 1. The van der Waals surface area contributed by atoms with Crippen molar-refractivity contribution in [3.05, 3.63) is 59.0 Å². The van der Waals surface area contributed by atoms with Crippen LogP contribution in [0.5, 0.6) is 0 Å². The highest BCUT2D eigenvalue weighted by Gasteiger charge is 2.35. The van der Waals surface area contributed by atoms with Crippen LogP contribution in [0.15, 0.2) is 40.8 Å². The molecule has 0 bridgehead atoms. The number of amides is 2. The monoisotopic (exact) mass is 384 g/mol. The van der Waals surface area contributed by atoms with E-state index in [1.165, 1.54) is 11.0 Å². The summed E-state index contributed by atoms with van der Waals surface area (Å²) in [6.07, 6.45) is 0.961. The first kappa shape index (κ1) is 19.7. The molecule has 3 rings (SSSR count). The summed E-state index contributed by atoms with van der Waals surface area (Å²) in [6, 6.07) is 11.4. The highest BCUT2D eigenvalue weighted by atomic mass is 16.4. The largest absolute Gasteiger partial charge is 0.478 e. The molecular formula is C21H24N2O5. The molecule has 1 atom stereocenters. The number of carbonyl (C=O) groups is 3. The normalized spacial score (nSPS) is 16.4. The van der Waals surface area contributed by atoms with Gasteiger partial charge in [0.1, 0.15) is 17.1 Å². The third-order valence-electron chi connectivity index (χ3n) is 5.05. The summed E-state index contributed by atoms with van der Waals surface area (Å²) in [5.41, 5.74) is 1.25. The van der Waals surface area contributed by atoms with Crippen LogP contribution in [-0.2, 0) is 22.6 Å². The Morgan fingerprint density at radius 1 is 1.29 bits per heavy atom. The maximum Gasteiger partial charge on any atom is 0.339 e. The number of carboxylic acid groups (broad SMARTS) is 1. The predicted molar refractivity (Wildman–Crippen MR) is 102 cm³/mol. The highest BCUT2D eigenvalue weighted by Crippen LogP contribution is 2.22. The van der Waals surface area contributed by atoms with Crippen LogP contribution in [0.25, 0.3) is 0 Å². The van der Waals surface area contributed by atoms with E-state index in [9.17, 15) is 14.4 Å². The molecule has 1 fully saturated rings. The molecule has 1 aliphatic rings. The van der Waals surface area contributed by atoms with Crippen LogP contribution in [0.3, 0.4) is 0 Å². The molecule has 148 valence electrons. The quantitative estimate of drug-likeness (QED) is 0.791. The molecule has 1 aromatic carbocycles. The SMILES string of the molecule is Cc1oc(CN(C)C(=O)[C@@H]2CC(=O)N(CCc3ccccc3)C2)cc1C(=O)O. The number of aryl methyl sites for hydroxylation is 1. The minimum Gasteiger partial charge on any atom is -0.478 e. The van der Waals surface area contributed by atoms with Crippen LogP contribution in [-0.4, -0.2) is 52.8 Å². The van der Waals surface area contributed by atoms with Gasteiger partial charge in [-0.1, -0.05) is 30.3 Å². The number of nitrogens with zero attached hydrogens (tertiary/aromatic N) is 2. The van der Waals surface area contributed by atoms with Gasteiger partial charge in [0, 0.05) is 26.6 Å². The van der Waals surface area contributed by atoms with Crippen LogP contribution in [0.2, 0.25) is 0 Å². The van der Waals surface area contributed by atoms with Crippen molar-refractivity contribution in [3.63, 3.8) is 0 Å². The van der Waals surface area contributed by atoms with Gasteiger partial charge in [0.25, 0.3) is 0 Å². The van der Waals surface area contributed by atoms with Gasteiger partial charge in [0.2, 0.25) is 11.8 Å². The summed E-state index contributed by atoms with van der Waals surface area (Å²) in [4.78, 5) is 39.4. The van der Waals surface area contributed by atoms with Gasteiger partial charge in [-0.05, 0) is 25.0 Å². The van der Waals surface area contributed by atoms with Gasteiger partial charge >= 0.3 is 5.97 Å². The van der Waals surface area contributed by atoms with Gasteiger partial charge in [-0.2, -0.15) is 0 Å². The number of likely N-dealkylation sites (tertiary alicyclic amines) is 1. The van der Waals surface area contributed by atoms with Crippen molar-refractivity contribution >= 4 is 17.8 Å². The van der Waals surface area contributed by atoms with E-state index in [0.717, 1.165) is 12.0 Å². The van der Waals surface area contributed by atoms with Gasteiger partial charge in [0.05, 0.1) is 12.5 Å². The molecule has 0 spiro atoms. The van der Waals surface area contributed by atoms with Crippen LogP contribution >= 0.6 is 0 Å². The van der Waals surface area contributed by atoms with Gasteiger partial charge in [-0.15, -0.1) is 0 Å². The van der Waals surface area contributed by atoms with Crippen LogP contribution in [0.4, 0.5) is 0 Å². The molecule has 0 unspecified atom stereocenters. The lowest BCUT2D eigenvalue weighted by atomic mass is 10.1. The second kappa shape index (κ2) is 8.29. The topological polar surface area (TPSA) is 91.1 Å². The lowest BCUT2D eigenvalue weighted by molar-refractivity contribution is -0.135. The van der Waals surface area contributed by atoms with E-state index in [1.54, 1.807) is 18.9 Å². The molecule has 1 N–H and O–H groups in total. The minimum atomic E-state index is -1.06. The molecule has 1 aromatic heterocycles. The molecule has 1 saturated heterocycles. The van der Waals surface area contributed by atoms with E-state index in [0.29, 0.717) is 24.6 Å². The third-order valence-corrected chi connectivity index (χ3v) is 5.05. The van der Waals surface area contributed by atoms with E-state index >= 15 is 0 Å². The number of hydrogen-bond acceptors (Lipinski definition) is 4. The number of carboxylic acids is 1. The number of carbonyl (C=O) groups excluding carboxylic acids is 2. The first-order chi connectivity index (χ1) is 13.3. The summed E-state index contributed by atoms with van der Waals surface area (Å²) < 4.78 is 5.44. The van der Waals surface area contributed by atoms with Crippen molar-refractivity contribution in [1.82, 2.24) is 9.80 Å². The van der Waals surface area contributed by atoms with Crippen LogP contribution < -0.4 is 0 Å². The number of hydrogen-bond donors (Lipinski definition) is 1. The average molecular weight is 384 g/mol. The van der Waals surface area contributed by atoms with Crippen molar-refractivity contribution in [2.75, 3.05) is 20.1 Å². The zero-order chi connectivity index (χ0) is 20.3. The number of benzene rings is 1. The molecule has 0 aliphatic carbocycles. The fraction of sp³-hybridized carbons (Fsp3) is 0.381. The minimum absolute atomic E-state index is 0.00955. The Bertz CT molecular complexity index is 874. The molecule has 7 nitrogen and oxygen atoms in total. The molecule has 0 radical (unpaired) electrons. The maximum absolute atomic E-state index is 12.7. The fourth-order valence-electron chi connectivity index (χ4n) is 3.52. The lowest BCUT2D eigenvalue weighted by Gasteiger charge is -2.20. The van der Waals surface area contributed by atoms with Crippen molar-refractivity contribution in [2.24, 2.45) is 5.92 Å². The second-order valence-electron chi connectivity index (χ2n) is 7.16. The summed E-state index contributed by atoms with van der Waals surface area (Å²) in [7, 11) is 1.64. The Morgan fingerprint density at radius 3 is 2.64 bits per heavy atom. The Balaban J connectivity index is 1.56. The van der Waals surface area contributed by atoms with Crippen molar-refractivity contribution in [1.29, 1.82) is 0 Å². The van der Waals surface area contributed by atoms with E-state index in [1.807, 2.05) is 30.3 Å². The maximum atomic E-state index is 12.7. The first-order valence-corrected chi connectivity index (χ1v) is 9.24. The second-order valence-corrected chi connectivity index (χ2v) is 7.16. The van der Waals surface area contributed by atoms with E-state index in [2.05, 4.69) is 0 Å². The van der Waals surface area contributed by atoms with E-state index in [-0.39, 0.29) is 36.3 Å². The van der Waals surface area contributed by atoms with Crippen molar-refractivity contribution < 1.29 is 23.9 Å². The fourth-order valence-corrected chi connectivity index (χ4v) is 3.52. The zero-order valence-corrected chi connectivity index (χ0v) is 16.1. The molecular weight excluding hydrogens is 360 g/mol. The average Bonchev–Trinajstić information content (AvgIpc) is 3.22. The molecule has 28 heavy (non-hydrogen) atoms. The summed E-state index contributed by atoms with van der Waals surface area (Å²) in [5, 5.41) is 9.10. The lowest BCUT2D eigenvalue weighted by Crippen LogP contribution is -2.34. The third kappa shape index (κ3) is 4.42. The molecule has 1 aliphatic heterocycles. The number of rotatable bonds is 7. The zero-order valence-electron chi connectivity index (χ0n) is 16.1. The highest BCUT2D eigenvalue weighted by molar-refractivity contribution is 5.90. The van der Waals surface area contributed by atoms with E-state index in [4.69, 9.17) is 9.52 Å². The van der Waals surface area contributed by atoms with Crippen molar-refractivity contribution in [2.45, 2.75) is 26.3 Å². The number of aromatic carboxylic acids is 1. The predicted octanol–water partition coefficient (Wildman–Crippen LogP) is 2.34. The van der Waals surface area contributed by atoms with Gasteiger partial charge in [-0.25, -0.2) is 4.79 Å². The molecule has 0 saturated carbocycles. The van der Waals surface area contributed by atoms with Crippen molar-refractivity contribution in [3.8, 4) is 0 Å².